The quantitative estimate of drug-likeness (QED) is 0.126. The largest absolute Gasteiger partial charge is 0.495 e. The molecule has 0 saturated carbocycles. The maximum absolute atomic E-state index is 10.2. The first kappa shape index (κ1) is 40.3. The molecule has 0 heterocycles. The zero-order valence-corrected chi connectivity index (χ0v) is 34.3. The van der Waals surface area contributed by atoms with Crippen LogP contribution in [0.3, 0.4) is 0 Å². The van der Waals surface area contributed by atoms with E-state index in [1.54, 1.807) is 7.11 Å². The van der Waals surface area contributed by atoms with Crippen LogP contribution in [0.4, 0.5) is 0 Å². The summed E-state index contributed by atoms with van der Waals surface area (Å²) in [5.41, 5.74) is 16.4. The molecule has 0 aliphatic rings. The highest BCUT2D eigenvalue weighted by atomic mass is 35.5. The van der Waals surface area contributed by atoms with E-state index in [0.717, 1.165) is 94.8 Å². The third kappa shape index (κ3) is 7.87. The summed E-state index contributed by atoms with van der Waals surface area (Å²) in [6, 6.07) is 20.4. The van der Waals surface area contributed by atoms with E-state index in [4.69, 9.17) is 16.3 Å². The van der Waals surface area contributed by atoms with Crippen LogP contribution in [0, 0.1) is 41.5 Å². The van der Waals surface area contributed by atoms with E-state index in [1.807, 2.05) is 38.1 Å². The van der Waals surface area contributed by atoms with Crippen molar-refractivity contribution in [3.8, 4) is 50.3 Å². The molecule has 0 radical (unpaired) electrons. The molecule has 4 N–H and O–H groups in total. The standard InChI is InChI=1S/C45H53B2ClO5/c1-24-14-30(15-25(2)38(24)32-18-34(44(7,8)9)22-36(20-32)46(49)50)40-28(5)42(48)29(6)41(43(40)53-13)31-16-26(3)39(27(4)17-31)33-19-35(45(10,11)12)23-37(21-33)47(51)52/h14-23,49-52H,1-13H3. The summed E-state index contributed by atoms with van der Waals surface area (Å²) in [5.74, 6) is 0.739. The number of aryl methyl sites for hydroxylation is 4. The van der Waals surface area contributed by atoms with Gasteiger partial charge in [-0.1, -0.05) is 114 Å². The molecule has 0 aliphatic heterocycles. The number of ether oxygens (including phenoxy) is 1. The normalized spacial score (nSPS) is 12.0. The van der Waals surface area contributed by atoms with Gasteiger partial charge in [0, 0.05) is 16.1 Å². The van der Waals surface area contributed by atoms with Gasteiger partial charge in [0.1, 0.15) is 5.75 Å². The molecular formula is C45H53B2ClO5. The molecule has 0 atom stereocenters. The summed E-state index contributed by atoms with van der Waals surface area (Å²) in [5, 5.41) is 41.3. The van der Waals surface area contributed by atoms with Gasteiger partial charge < -0.3 is 24.8 Å². The third-order valence-corrected chi connectivity index (χ3v) is 11.1. The second-order valence-electron chi connectivity index (χ2n) is 16.8. The van der Waals surface area contributed by atoms with Crippen molar-refractivity contribution in [3.05, 3.63) is 110 Å². The molecule has 53 heavy (non-hydrogen) atoms. The fourth-order valence-electron chi connectivity index (χ4n) is 7.75. The predicted octanol–water partition coefficient (Wildman–Crippen LogP) is 8.82. The highest BCUT2D eigenvalue weighted by Gasteiger charge is 2.26. The van der Waals surface area contributed by atoms with Crippen molar-refractivity contribution in [3.63, 3.8) is 0 Å². The van der Waals surface area contributed by atoms with Crippen molar-refractivity contribution >= 4 is 36.8 Å². The minimum Gasteiger partial charge on any atom is -0.495 e. The number of methoxy groups -OCH3 is 1. The summed E-state index contributed by atoms with van der Waals surface area (Å²) < 4.78 is 6.31. The molecule has 0 spiro atoms. The van der Waals surface area contributed by atoms with Crippen LogP contribution in [0.25, 0.3) is 44.5 Å². The van der Waals surface area contributed by atoms with Crippen LogP contribution in [-0.2, 0) is 10.8 Å². The van der Waals surface area contributed by atoms with E-state index < -0.39 is 14.2 Å². The van der Waals surface area contributed by atoms with E-state index in [-0.39, 0.29) is 10.8 Å². The molecule has 0 aliphatic carbocycles. The van der Waals surface area contributed by atoms with Crippen molar-refractivity contribution in [2.45, 2.75) is 93.9 Å². The van der Waals surface area contributed by atoms with Crippen LogP contribution in [0.15, 0.2) is 60.7 Å². The average Bonchev–Trinajstić information content (AvgIpc) is 3.05. The van der Waals surface area contributed by atoms with Crippen LogP contribution in [-0.4, -0.2) is 41.4 Å². The molecule has 0 amide bonds. The van der Waals surface area contributed by atoms with Gasteiger partial charge in [0.15, 0.2) is 0 Å². The van der Waals surface area contributed by atoms with Gasteiger partial charge in [-0.15, -0.1) is 0 Å². The second-order valence-corrected chi connectivity index (χ2v) is 17.1. The van der Waals surface area contributed by atoms with Crippen LogP contribution in [0.5, 0.6) is 5.75 Å². The van der Waals surface area contributed by atoms with Gasteiger partial charge in [0.2, 0.25) is 0 Å². The van der Waals surface area contributed by atoms with Crippen LogP contribution >= 0.6 is 11.6 Å². The SMILES string of the molecule is COc1c(-c2cc(C)c(-c3cc(B(O)O)cc(C(C)(C)C)c3)c(C)c2)c(C)c(Cl)c(C)c1-c1cc(C)c(-c2cc(B(O)O)cc(C(C)(C)C)c2)c(C)c1. The van der Waals surface area contributed by atoms with Crippen LogP contribution in [0.2, 0.25) is 5.02 Å². The molecular weight excluding hydrogens is 678 g/mol. The first-order valence-corrected chi connectivity index (χ1v) is 18.6. The minimum atomic E-state index is -1.57. The molecule has 0 fully saturated rings. The summed E-state index contributed by atoms with van der Waals surface area (Å²) in [6.07, 6.45) is 0. The topological polar surface area (TPSA) is 90.2 Å². The second kappa shape index (κ2) is 14.8. The van der Waals surface area contributed by atoms with Gasteiger partial charge in [-0.25, -0.2) is 0 Å². The number of hydrogen-bond acceptors (Lipinski definition) is 5. The number of hydrogen-bond donors (Lipinski definition) is 4. The Morgan fingerprint density at radius 1 is 0.472 bits per heavy atom. The molecule has 0 aromatic heterocycles. The van der Waals surface area contributed by atoms with E-state index in [1.165, 1.54) is 0 Å². The van der Waals surface area contributed by atoms with Gasteiger partial charge in [0.25, 0.3) is 0 Å². The van der Waals surface area contributed by atoms with Crippen molar-refractivity contribution in [2.75, 3.05) is 7.11 Å². The minimum absolute atomic E-state index is 0.183. The first-order valence-electron chi connectivity index (χ1n) is 18.2. The zero-order valence-electron chi connectivity index (χ0n) is 33.5. The maximum atomic E-state index is 10.2. The Morgan fingerprint density at radius 2 is 0.774 bits per heavy atom. The fraction of sp³-hybridized carbons (Fsp3) is 0.333. The van der Waals surface area contributed by atoms with E-state index in [0.29, 0.717) is 15.9 Å². The molecule has 5 rings (SSSR count). The van der Waals surface area contributed by atoms with Crippen molar-refractivity contribution < 1.29 is 24.8 Å². The van der Waals surface area contributed by atoms with E-state index in [9.17, 15) is 20.1 Å². The molecule has 0 saturated heterocycles. The highest BCUT2D eigenvalue weighted by molar-refractivity contribution is 6.59. The van der Waals surface area contributed by atoms with E-state index in [2.05, 4.69) is 106 Å². The molecule has 5 aromatic carbocycles. The number of benzene rings is 5. The van der Waals surface area contributed by atoms with Gasteiger partial charge in [-0.3, -0.25) is 0 Å². The highest BCUT2D eigenvalue weighted by Crippen LogP contribution is 2.49. The third-order valence-electron chi connectivity index (χ3n) is 10.5. The Morgan fingerprint density at radius 3 is 1.04 bits per heavy atom. The summed E-state index contributed by atoms with van der Waals surface area (Å²) >= 11 is 7.19. The lowest BCUT2D eigenvalue weighted by Gasteiger charge is -2.25. The maximum Gasteiger partial charge on any atom is 0.488 e. The van der Waals surface area contributed by atoms with E-state index >= 15 is 0 Å². The Labute approximate surface area is 322 Å². The Hall–Kier alpha value is -3.84. The summed E-state index contributed by atoms with van der Waals surface area (Å²) in [7, 11) is -1.44. The van der Waals surface area contributed by atoms with Crippen LogP contribution < -0.4 is 15.7 Å². The summed E-state index contributed by atoms with van der Waals surface area (Å²) in [4.78, 5) is 0. The zero-order chi connectivity index (χ0) is 39.5. The lowest BCUT2D eigenvalue weighted by atomic mass is 9.74. The summed E-state index contributed by atoms with van der Waals surface area (Å²) in [6.45, 7) is 25.1. The lowest BCUT2D eigenvalue weighted by Crippen LogP contribution is -2.31. The Bertz CT molecular complexity index is 2030. The first-order chi connectivity index (χ1) is 24.5. The average molecular weight is 731 g/mol. The van der Waals surface area contributed by atoms with Crippen molar-refractivity contribution in [1.82, 2.24) is 0 Å². The molecule has 8 heteroatoms. The number of rotatable bonds is 7. The smallest absolute Gasteiger partial charge is 0.488 e. The van der Waals surface area contributed by atoms with Gasteiger partial charge in [-0.05, 0) is 141 Å². The van der Waals surface area contributed by atoms with Crippen molar-refractivity contribution in [1.29, 1.82) is 0 Å². The predicted molar refractivity (Wildman–Crippen MR) is 225 cm³/mol. The van der Waals surface area contributed by atoms with Crippen molar-refractivity contribution in [2.24, 2.45) is 0 Å². The van der Waals surface area contributed by atoms with Crippen LogP contribution in [0.1, 0.15) is 86.1 Å². The Kier molecular flexibility index (Phi) is 11.2. The molecule has 5 nitrogen and oxygen atoms in total. The fourth-order valence-corrected chi connectivity index (χ4v) is 7.94. The lowest BCUT2D eigenvalue weighted by molar-refractivity contribution is 0.417. The monoisotopic (exact) mass is 730 g/mol. The molecule has 0 unspecified atom stereocenters. The molecule has 0 bridgehead atoms. The van der Waals surface area contributed by atoms with Gasteiger partial charge in [-0.2, -0.15) is 0 Å². The Balaban J connectivity index is 1.72. The van der Waals surface area contributed by atoms with Gasteiger partial charge in [0.05, 0.1) is 7.11 Å². The molecule has 276 valence electrons. The van der Waals surface area contributed by atoms with Gasteiger partial charge >= 0.3 is 14.2 Å². The number of halogens is 1. The molecule has 5 aromatic rings.